The van der Waals surface area contributed by atoms with Gasteiger partial charge in [0.2, 0.25) is 5.78 Å². The molecule has 7 heteroatoms. The van der Waals surface area contributed by atoms with E-state index >= 15 is 0 Å². The molecule has 1 aliphatic carbocycles. The van der Waals surface area contributed by atoms with Crippen molar-refractivity contribution in [2.45, 2.75) is 11.3 Å². The van der Waals surface area contributed by atoms with Gasteiger partial charge in [0.15, 0.2) is 11.3 Å². The van der Waals surface area contributed by atoms with E-state index in [1.54, 1.807) is 0 Å². The van der Waals surface area contributed by atoms with Crippen LogP contribution in [0.1, 0.15) is 27.8 Å². The summed E-state index contributed by atoms with van der Waals surface area (Å²) in [7, 11) is 1.00. The zero-order chi connectivity index (χ0) is 39.4. The van der Waals surface area contributed by atoms with Gasteiger partial charge in [-0.1, -0.05) is 170 Å². The fraction of sp³-hybridized carbons (Fsp3) is 0.0588. The minimum atomic E-state index is -0.983. The summed E-state index contributed by atoms with van der Waals surface area (Å²) in [6, 6.07) is 61.1. The van der Waals surface area contributed by atoms with Crippen LogP contribution in [0.4, 0.5) is 17.1 Å². The summed E-state index contributed by atoms with van der Waals surface area (Å²) in [5, 5.41) is 35.9. The van der Waals surface area contributed by atoms with E-state index in [-0.39, 0.29) is 22.7 Å². The molecule has 11 rings (SSSR count). The summed E-state index contributed by atoms with van der Waals surface area (Å²) in [5.41, 5.74) is 5.89. The van der Waals surface area contributed by atoms with Crippen LogP contribution in [-0.2, 0) is 16.1 Å². The van der Waals surface area contributed by atoms with E-state index in [0.717, 1.165) is 68.0 Å². The summed E-state index contributed by atoms with van der Waals surface area (Å²) < 4.78 is 0. The lowest BCUT2D eigenvalue weighted by atomic mass is 9.79. The van der Waals surface area contributed by atoms with Gasteiger partial charge in [-0.05, 0) is 22.9 Å². The molecule has 3 aliphatic rings. The predicted molar refractivity (Wildman–Crippen MR) is 233 cm³/mol. The van der Waals surface area contributed by atoms with E-state index in [1.165, 1.54) is 0 Å². The van der Waals surface area contributed by atoms with Crippen LogP contribution in [0.2, 0.25) is 0 Å². The van der Waals surface area contributed by atoms with Crippen molar-refractivity contribution < 1.29 is 15.0 Å². The van der Waals surface area contributed by atoms with Gasteiger partial charge < -0.3 is 26.2 Å². The average molecular weight is 755 g/mol. The molecule has 7 nitrogen and oxygen atoms in total. The Morgan fingerprint density at radius 2 is 0.983 bits per heavy atom. The molecule has 0 aromatic heterocycles. The van der Waals surface area contributed by atoms with Gasteiger partial charge in [-0.15, -0.1) is 0 Å². The lowest BCUT2D eigenvalue weighted by Crippen LogP contribution is -2.47. The molecule has 0 unspecified atom stereocenters. The van der Waals surface area contributed by atoms with Crippen molar-refractivity contribution >= 4 is 55.5 Å². The Balaban J connectivity index is 0.00000201. The molecule has 280 valence electrons. The van der Waals surface area contributed by atoms with Crippen molar-refractivity contribution in [1.82, 2.24) is 0 Å². The third-order valence-electron chi connectivity index (χ3n) is 11.6. The van der Waals surface area contributed by atoms with Crippen LogP contribution < -0.4 is 26.5 Å². The number of rotatable bonds is 5. The third kappa shape index (κ3) is 5.10. The molecule has 0 atom stereocenters. The first kappa shape index (κ1) is 35.0. The predicted octanol–water partition coefficient (Wildman–Crippen LogP) is 8.99. The number of carbonyl (C=O) groups is 1. The number of ketones is 1. The minimum absolute atomic E-state index is 0.0414. The molecule has 2 aliphatic heterocycles. The molecular formula is C51H38N4O3. The molecule has 58 heavy (non-hydrogen) atoms. The summed E-state index contributed by atoms with van der Waals surface area (Å²) in [6.07, 6.45) is 0. The Morgan fingerprint density at radius 1 is 0.483 bits per heavy atom. The van der Waals surface area contributed by atoms with Crippen LogP contribution in [-0.4, -0.2) is 23.1 Å². The topological polar surface area (TPSA) is 106 Å². The molecular weight excluding hydrogens is 717 g/mol. The van der Waals surface area contributed by atoms with Crippen molar-refractivity contribution in [2.24, 2.45) is 4.99 Å². The number of nitrogens with zero attached hydrogens (tertiary/aromatic N) is 1. The normalized spacial score (nSPS) is 16.5. The molecule has 0 amide bonds. The molecule has 8 aromatic rings. The minimum Gasteiger partial charge on any atom is -0.506 e. The van der Waals surface area contributed by atoms with Crippen LogP contribution in [0, 0.1) is 0 Å². The number of nitrogens with one attached hydrogen (secondary N) is 3. The number of allylic oxidation sites excluding steroid dienone is 2. The number of benzene rings is 8. The molecule has 0 bridgehead atoms. The van der Waals surface area contributed by atoms with E-state index in [1.807, 2.05) is 109 Å². The van der Waals surface area contributed by atoms with Crippen molar-refractivity contribution in [2.75, 3.05) is 23.1 Å². The first-order valence-corrected chi connectivity index (χ1v) is 19.3. The molecule has 0 fully saturated rings. The summed E-state index contributed by atoms with van der Waals surface area (Å²) in [5.74, 6) is -0.270. The summed E-state index contributed by atoms with van der Waals surface area (Å²) in [4.78, 5) is 20.4. The lowest BCUT2D eigenvalue weighted by molar-refractivity contribution is -0.109. The van der Waals surface area contributed by atoms with Gasteiger partial charge in [0.05, 0.1) is 22.2 Å². The van der Waals surface area contributed by atoms with Crippen LogP contribution in [0.3, 0.4) is 0 Å². The maximum Gasteiger partial charge on any atom is 0.201 e. The second-order valence-electron chi connectivity index (χ2n) is 14.6. The largest absolute Gasteiger partial charge is 0.506 e. The van der Waals surface area contributed by atoms with E-state index in [9.17, 15) is 9.90 Å². The van der Waals surface area contributed by atoms with Crippen LogP contribution >= 0.6 is 0 Å². The van der Waals surface area contributed by atoms with Gasteiger partial charge in [0.25, 0.3) is 0 Å². The zero-order valence-corrected chi connectivity index (χ0v) is 31.6. The molecule has 0 radical (unpaired) electrons. The first-order valence-electron chi connectivity index (χ1n) is 19.3. The Morgan fingerprint density at radius 3 is 1.53 bits per heavy atom. The summed E-state index contributed by atoms with van der Waals surface area (Å²) in [6.45, 7) is 0. The number of aliphatic hydroxyl groups excluding tert-OH is 2. The first-order chi connectivity index (χ1) is 28.6. The second-order valence-corrected chi connectivity index (χ2v) is 14.6. The molecule has 2 heterocycles. The highest BCUT2D eigenvalue weighted by Gasteiger charge is 2.43. The van der Waals surface area contributed by atoms with Crippen molar-refractivity contribution in [3.05, 3.63) is 226 Å². The molecule has 5 N–H and O–H groups in total. The zero-order valence-electron chi connectivity index (χ0n) is 31.6. The van der Waals surface area contributed by atoms with Crippen molar-refractivity contribution in [3.8, 4) is 0 Å². The Labute approximate surface area is 335 Å². The standard InChI is InChI=1S/C50H34N4O2.CH4O/c55-47-43(37-29-27-31-15-13-25-39-41(31)45(37)53-49(51-39,33-17-5-1-6-18-33)34-19-7-2-8-20-34)48(56)44(47)38-30-28-32-16-14-26-40-42(32)46(38)54-50(52-40,35-21-9-3-10-22-35)36-23-11-4-12-24-36;1-2/h1-30,51-53,55H;2H,1H3/b44-38+;. The van der Waals surface area contributed by atoms with Gasteiger partial charge in [0.1, 0.15) is 5.76 Å². The lowest BCUT2D eigenvalue weighted by Gasteiger charge is -2.43. The Bertz CT molecular complexity index is 3000. The number of Topliss-reactive ketones (excluding diaryl/α,β-unsaturated/α-hetero) is 1. The van der Waals surface area contributed by atoms with Crippen LogP contribution in [0.25, 0.3) is 32.7 Å². The van der Waals surface area contributed by atoms with E-state index in [2.05, 4.69) is 88.7 Å². The van der Waals surface area contributed by atoms with Gasteiger partial charge in [-0.3, -0.25) is 4.79 Å². The molecule has 0 spiro atoms. The SMILES string of the molecule is CO.O=C1C(c2ccc3cccc4c3c2NC(c2ccccc2)(c2ccccc2)N4)=C(O)/C1=c1/ccc2cccc3c2c1=NC(c1ccccc1)(c1ccccc1)N3. The number of aliphatic hydroxyl groups is 2. The summed E-state index contributed by atoms with van der Waals surface area (Å²) >= 11 is 0. The Hall–Kier alpha value is -7.48. The monoisotopic (exact) mass is 754 g/mol. The van der Waals surface area contributed by atoms with Crippen LogP contribution in [0.5, 0.6) is 0 Å². The second kappa shape index (κ2) is 13.6. The van der Waals surface area contributed by atoms with Crippen LogP contribution in [0.15, 0.2) is 193 Å². The van der Waals surface area contributed by atoms with E-state index < -0.39 is 11.3 Å². The maximum absolute atomic E-state index is 14.8. The number of carbonyl (C=O) groups excluding carboxylic acids is 1. The van der Waals surface area contributed by atoms with Crippen molar-refractivity contribution in [3.63, 3.8) is 0 Å². The van der Waals surface area contributed by atoms with E-state index in [4.69, 9.17) is 10.1 Å². The quantitative estimate of drug-likeness (QED) is 0.120. The van der Waals surface area contributed by atoms with Gasteiger partial charge in [-0.25, -0.2) is 4.99 Å². The van der Waals surface area contributed by atoms with Gasteiger partial charge in [-0.2, -0.15) is 0 Å². The van der Waals surface area contributed by atoms with E-state index in [0.29, 0.717) is 16.1 Å². The highest BCUT2D eigenvalue weighted by Crippen LogP contribution is 2.50. The highest BCUT2D eigenvalue weighted by molar-refractivity contribution is 6.52. The van der Waals surface area contributed by atoms with Gasteiger partial charge in [0, 0.05) is 62.3 Å². The maximum atomic E-state index is 14.8. The smallest absolute Gasteiger partial charge is 0.201 e. The highest BCUT2D eigenvalue weighted by atomic mass is 16.3. The molecule has 0 saturated carbocycles. The number of hydrogen-bond donors (Lipinski definition) is 5. The molecule has 0 saturated heterocycles. The third-order valence-corrected chi connectivity index (χ3v) is 11.6. The number of hydrogen-bond acceptors (Lipinski definition) is 7. The average Bonchev–Trinajstić information content (AvgIpc) is 3.30. The fourth-order valence-corrected chi connectivity index (χ4v) is 8.95. The molecule has 8 aromatic carbocycles. The van der Waals surface area contributed by atoms with Gasteiger partial charge >= 0.3 is 0 Å². The Kier molecular flexibility index (Phi) is 8.21. The fourth-order valence-electron chi connectivity index (χ4n) is 8.95. The van der Waals surface area contributed by atoms with Crippen molar-refractivity contribution in [1.29, 1.82) is 0 Å². The number of anilines is 3.